The highest BCUT2D eigenvalue weighted by Gasteiger charge is 2.02. The molecule has 0 radical (unpaired) electrons. The SMILES string of the molecule is c1ccc(CCNc2ccnc(Nc3ccc(OCc4ccccc4)cc3)n2)cc1. The summed E-state index contributed by atoms with van der Waals surface area (Å²) in [7, 11) is 0. The zero-order valence-electron chi connectivity index (χ0n) is 16.7. The van der Waals surface area contributed by atoms with E-state index < -0.39 is 0 Å². The van der Waals surface area contributed by atoms with E-state index in [1.54, 1.807) is 6.20 Å². The summed E-state index contributed by atoms with van der Waals surface area (Å²) in [6.45, 7) is 1.36. The lowest BCUT2D eigenvalue weighted by Gasteiger charge is -2.10. The van der Waals surface area contributed by atoms with E-state index >= 15 is 0 Å². The van der Waals surface area contributed by atoms with E-state index in [-0.39, 0.29) is 0 Å². The van der Waals surface area contributed by atoms with Crippen molar-refractivity contribution in [2.75, 3.05) is 17.2 Å². The lowest BCUT2D eigenvalue weighted by atomic mass is 10.1. The van der Waals surface area contributed by atoms with Gasteiger partial charge in [0.15, 0.2) is 0 Å². The average Bonchev–Trinajstić information content (AvgIpc) is 2.80. The molecule has 4 aromatic rings. The van der Waals surface area contributed by atoms with Crippen molar-refractivity contribution in [2.45, 2.75) is 13.0 Å². The number of ether oxygens (including phenoxy) is 1. The maximum atomic E-state index is 5.83. The van der Waals surface area contributed by atoms with Gasteiger partial charge < -0.3 is 15.4 Å². The van der Waals surface area contributed by atoms with Crippen LogP contribution in [0, 0.1) is 0 Å². The zero-order chi connectivity index (χ0) is 20.4. The molecule has 5 nitrogen and oxygen atoms in total. The third-order valence-corrected chi connectivity index (χ3v) is 4.58. The van der Waals surface area contributed by atoms with Crippen molar-refractivity contribution in [1.82, 2.24) is 9.97 Å². The van der Waals surface area contributed by atoms with Gasteiger partial charge in [-0.15, -0.1) is 0 Å². The van der Waals surface area contributed by atoms with Crippen LogP contribution < -0.4 is 15.4 Å². The summed E-state index contributed by atoms with van der Waals surface area (Å²) < 4.78 is 5.83. The Morgan fingerprint density at radius 3 is 2.17 bits per heavy atom. The molecule has 0 atom stereocenters. The van der Waals surface area contributed by atoms with Crippen LogP contribution in [0.1, 0.15) is 11.1 Å². The van der Waals surface area contributed by atoms with E-state index in [1.165, 1.54) is 5.56 Å². The first-order valence-electron chi connectivity index (χ1n) is 10.00. The molecule has 0 fully saturated rings. The van der Waals surface area contributed by atoms with Crippen molar-refractivity contribution in [3.63, 3.8) is 0 Å². The van der Waals surface area contributed by atoms with Crippen molar-refractivity contribution in [1.29, 1.82) is 0 Å². The molecule has 0 bridgehead atoms. The molecule has 0 amide bonds. The molecular formula is C25H24N4O. The standard InChI is InChI=1S/C25H24N4O/c1-3-7-20(8-4-1)15-17-26-24-16-18-27-25(29-24)28-22-11-13-23(14-12-22)30-19-21-9-5-2-6-10-21/h1-14,16,18H,15,17,19H2,(H2,26,27,28,29). The minimum Gasteiger partial charge on any atom is -0.489 e. The van der Waals surface area contributed by atoms with Gasteiger partial charge in [-0.3, -0.25) is 0 Å². The van der Waals surface area contributed by atoms with E-state index in [1.807, 2.05) is 66.7 Å². The summed E-state index contributed by atoms with van der Waals surface area (Å²) in [5, 5.41) is 6.59. The summed E-state index contributed by atoms with van der Waals surface area (Å²) in [5.74, 6) is 2.17. The lowest BCUT2D eigenvalue weighted by molar-refractivity contribution is 0.306. The highest BCUT2D eigenvalue weighted by molar-refractivity contribution is 5.55. The van der Waals surface area contributed by atoms with Gasteiger partial charge in [-0.25, -0.2) is 4.98 Å². The van der Waals surface area contributed by atoms with E-state index in [4.69, 9.17) is 4.74 Å². The Morgan fingerprint density at radius 1 is 0.733 bits per heavy atom. The van der Waals surface area contributed by atoms with Crippen LogP contribution in [0.4, 0.5) is 17.5 Å². The summed E-state index contributed by atoms with van der Waals surface area (Å²) in [5.41, 5.74) is 3.35. The smallest absolute Gasteiger partial charge is 0.229 e. The van der Waals surface area contributed by atoms with Crippen LogP contribution in [-0.4, -0.2) is 16.5 Å². The predicted molar refractivity (Wildman–Crippen MR) is 121 cm³/mol. The van der Waals surface area contributed by atoms with Crippen molar-refractivity contribution >= 4 is 17.5 Å². The fourth-order valence-electron chi connectivity index (χ4n) is 3.00. The first-order valence-corrected chi connectivity index (χ1v) is 10.00. The Balaban J connectivity index is 1.29. The summed E-state index contributed by atoms with van der Waals surface area (Å²) in [6, 6.07) is 30.2. The summed E-state index contributed by atoms with van der Waals surface area (Å²) >= 11 is 0. The Labute approximate surface area is 176 Å². The number of anilines is 3. The number of benzene rings is 3. The normalized spacial score (nSPS) is 10.4. The number of hydrogen-bond donors (Lipinski definition) is 2. The highest BCUT2D eigenvalue weighted by Crippen LogP contribution is 2.19. The monoisotopic (exact) mass is 396 g/mol. The van der Waals surface area contributed by atoms with Crippen LogP contribution in [0.25, 0.3) is 0 Å². The van der Waals surface area contributed by atoms with Gasteiger partial charge in [0.2, 0.25) is 5.95 Å². The number of rotatable bonds is 9. The summed E-state index contributed by atoms with van der Waals surface area (Å²) in [4.78, 5) is 8.84. The quantitative estimate of drug-likeness (QED) is 0.394. The zero-order valence-corrected chi connectivity index (χ0v) is 16.7. The van der Waals surface area contributed by atoms with Crippen LogP contribution in [0.5, 0.6) is 5.75 Å². The molecule has 0 aliphatic heterocycles. The fourth-order valence-corrected chi connectivity index (χ4v) is 3.00. The summed E-state index contributed by atoms with van der Waals surface area (Å²) in [6.07, 6.45) is 2.69. The fraction of sp³-hybridized carbons (Fsp3) is 0.120. The number of nitrogens with one attached hydrogen (secondary N) is 2. The van der Waals surface area contributed by atoms with E-state index in [9.17, 15) is 0 Å². The molecule has 0 saturated heterocycles. The average molecular weight is 396 g/mol. The molecule has 0 aliphatic rings. The molecule has 4 rings (SSSR count). The Kier molecular flexibility index (Phi) is 6.53. The molecule has 1 aromatic heterocycles. The van der Waals surface area contributed by atoms with Crippen molar-refractivity contribution in [3.05, 3.63) is 108 Å². The second-order valence-corrected chi connectivity index (χ2v) is 6.85. The van der Waals surface area contributed by atoms with Gasteiger partial charge >= 0.3 is 0 Å². The number of nitrogens with zero attached hydrogens (tertiary/aromatic N) is 2. The largest absolute Gasteiger partial charge is 0.489 e. The minimum absolute atomic E-state index is 0.549. The molecule has 5 heteroatoms. The van der Waals surface area contributed by atoms with Crippen LogP contribution in [0.3, 0.4) is 0 Å². The topological polar surface area (TPSA) is 59.1 Å². The molecule has 0 unspecified atom stereocenters. The molecule has 0 aliphatic carbocycles. The lowest BCUT2D eigenvalue weighted by Crippen LogP contribution is -2.07. The van der Waals surface area contributed by atoms with Crippen molar-refractivity contribution in [3.8, 4) is 5.75 Å². The molecule has 0 saturated carbocycles. The molecule has 1 heterocycles. The Hall–Kier alpha value is -3.86. The van der Waals surface area contributed by atoms with Gasteiger partial charge in [-0.05, 0) is 47.9 Å². The van der Waals surface area contributed by atoms with E-state index in [0.29, 0.717) is 12.6 Å². The van der Waals surface area contributed by atoms with Gasteiger partial charge in [-0.1, -0.05) is 60.7 Å². The second-order valence-electron chi connectivity index (χ2n) is 6.85. The Bertz CT molecular complexity index is 1040. The van der Waals surface area contributed by atoms with Gasteiger partial charge in [0.05, 0.1) is 0 Å². The first-order chi connectivity index (χ1) is 14.8. The second kappa shape index (κ2) is 10.1. The Morgan fingerprint density at radius 2 is 1.43 bits per heavy atom. The van der Waals surface area contributed by atoms with Crippen LogP contribution in [0.15, 0.2) is 97.2 Å². The maximum absolute atomic E-state index is 5.83. The molecule has 0 spiro atoms. The molecule has 3 aromatic carbocycles. The van der Waals surface area contributed by atoms with Crippen LogP contribution in [0.2, 0.25) is 0 Å². The third-order valence-electron chi connectivity index (χ3n) is 4.58. The first kappa shape index (κ1) is 19.5. The maximum Gasteiger partial charge on any atom is 0.229 e. The van der Waals surface area contributed by atoms with Crippen molar-refractivity contribution < 1.29 is 4.74 Å². The molecule has 150 valence electrons. The van der Waals surface area contributed by atoms with Gasteiger partial charge in [0, 0.05) is 18.4 Å². The van der Waals surface area contributed by atoms with E-state index in [0.717, 1.165) is 35.8 Å². The third kappa shape index (κ3) is 5.82. The highest BCUT2D eigenvalue weighted by atomic mass is 16.5. The molecule has 30 heavy (non-hydrogen) atoms. The number of aromatic nitrogens is 2. The van der Waals surface area contributed by atoms with Crippen LogP contribution >= 0.6 is 0 Å². The van der Waals surface area contributed by atoms with Gasteiger partial charge in [0.25, 0.3) is 0 Å². The molecule has 2 N–H and O–H groups in total. The molecular weight excluding hydrogens is 372 g/mol. The van der Waals surface area contributed by atoms with Crippen LogP contribution in [-0.2, 0) is 13.0 Å². The van der Waals surface area contributed by atoms with Gasteiger partial charge in [0.1, 0.15) is 18.2 Å². The predicted octanol–water partition coefficient (Wildman–Crippen LogP) is 5.45. The van der Waals surface area contributed by atoms with Gasteiger partial charge in [-0.2, -0.15) is 4.98 Å². The number of hydrogen-bond acceptors (Lipinski definition) is 5. The van der Waals surface area contributed by atoms with Crippen molar-refractivity contribution in [2.24, 2.45) is 0 Å². The van der Waals surface area contributed by atoms with E-state index in [2.05, 4.69) is 44.9 Å². The minimum atomic E-state index is 0.549.